The van der Waals surface area contributed by atoms with Gasteiger partial charge in [-0.25, -0.2) is 0 Å². The van der Waals surface area contributed by atoms with Gasteiger partial charge in [0.15, 0.2) is 0 Å². The van der Waals surface area contributed by atoms with Crippen LogP contribution in [0.2, 0.25) is 0 Å². The average Bonchev–Trinajstić information content (AvgIpc) is 2.80. The van der Waals surface area contributed by atoms with Crippen LogP contribution in [-0.4, -0.2) is 23.3 Å². The van der Waals surface area contributed by atoms with E-state index >= 15 is 0 Å². The fourth-order valence-corrected chi connectivity index (χ4v) is 3.08. The number of hydrogen-bond donors (Lipinski definition) is 1. The maximum absolute atomic E-state index is 12.4. The number of carbonyl (C=O) groups is 2. The van der Waals surface area contributed by atoms with Crippen molar-refractivity contribution in [1.82, 2.24) is 10.2 Å². The fourth-order valence-electron chi connectivity index (χ4n) is 3.08. The van der Waals surface area contributed by atoms with Gasteiger partial charge < -0.3 is 5.32 Å². The lowest BCUT2D eigenvalue weighted by Crippen LogP contribution is -2.38. The second-order valence-electron chi connectivity index (χ2n) is 6.03. The molecule has 3 rings (SSSR count). The highest BCUT2D eigenvalue weighted by molar-refractivity contribution is 6.10. The standard InChI is InChI=1S/C20H20N2O2/c1-13-8-4-5-9-16(13)14(2)21-19(23)12-22-15(3)17-10-6-7-11-18(17)20(22)24/h4-11,14H,3,12H2,1-2H3,(H,21,23). The van der Waals surface area contributed by atoms with Crippen molar-refractivity contribution in [3.63, 3.8) is 0 Å². The molecule has 1 unspecified atom stereocenters. The minimum absolute atomic E-state index is 0.0252. The predicted octanol–water partition coefficient (Wildman–Crippen LogP) is 3.30. The highest BCUT2D eigenvalue weighted by Crippen LogP contribution is 2.30. The van der Waals surface area contributed by atoms with Crippen molar-refractivity contribution < 1.29 is 9.59 Å². The molecule has 1 atom stereocenters. The number of carbonyl (C=O) groups excluding carboxylic acids is 2. The van der Waals surface area contributed by atoms with Crippen LogP contribution in [0.3, 0.4) is 0 Å². The lowest BCUT2D eigenvalue weighted by molar-refractivity contribution is -0.121. The SMILES string of the molecule is C=C1c2ccccc2C(=O)N1CC(=O)NC(C)c1ccccc1C. The first-order valence-corrected chi connectivity index (χ1v) is 7.94. The van der Waals surface area contributed by atoms with Gasteiger partial charge in [0, 0.05) is 16.8 Å². The van der Waals surface area contributed by atoms with Gasteiger partial charge in [-0.3, -0.25) is 14.5 Å². The molecule has 4 nitrogen and oxygen atoms in total. The van der Waals surface area contributed by atoms with Gasteiger partial charge in [0.05, 0.1) is 6.04 Å². The van der Waals surface area contributed by atoms with Crippen molar-refractivity contribution >= 4 is 17.5 Å². The van der Waals surface area contributed by atoms with Crippen LogP contribution in [0.4, 0.5) is 0 Å². The van der Waals surface area contributed by atoms with Crippen molar-refractivity contribution in [2.45, 2.75) is 19.9 Å². The van der Waals surface area contributed by atoms with E-state index in [0.29, 0.717) is 11.3 Å². The summed E-state index contributed by atoms with van der Waals surface area (Å²) in [6, 6.07) is 15.1. The van der Waals surface area contributed by atoms with Gasteiger partial charge in [0.1, 0.15) is 6.54 Å². The second kappa shape index (κ2) is 6.32. The topological polar surface area (TPSA) is 49.4 Å². The van der Waals surface area contributed by atoms with Crippen LogP contribution in [0.5, 0.6) is 0 Å². The van der Waals surface area contributed by atoms with E-state index < -0.39 is 0 Å². The molecule has 1 aliphatic rings. The second-order valence-corrected chi connectivity index (χ2v) is 6.03. The summed E-state index contributed by atoms with van der Waals surface area (Å²) < 4.78 is 0. The molecular weight excluding hydrogens is 300 g/mol. The van der Waals surface area contributed by atoms with Crippen molar-refractivity contribution in [2.75, 3.05) is 6.54 Å². The molecule has 1 aliphatic heterocycles. The molecule has 24 heavy (non-hydrogen) atoms. The summed E-state index contributed by atoms with van der Waals surface area (Å²) in [7, 11) is 0. The Kier molecular flexibility index (Phi) is 4.21. The zero-order valence-corrected chi connectivity index (χ0v) is 13.9. The molecule has 0 saturated heterocycles. The Morgan fingerprint density at radius 2 is 1.75 bits per heavy atom. The third kappa shape index (κ3) is 2.83. The molecule has 0 aromatic heterocycles. The quantitative estimate of drug-likeness (QED) is 0.939. The molecule has 1 heterocycles. The number of amides is 2. The smallest absolute Gasteiger partial charge is 0.259 e. The first-order valence-electron chi connectivity index (χ1n) is 7.94. The maximum Gasteiger partial charge on any atom is 0.259 e. The van der Waals surface area contributed by atoms with E-state index in [4.69, 9.17) is 0 Å². The average molecular weight is 320 g/mol. The van der Waals surface area contributed by atoms with Crippen LogP contribution in [0.15, 0.2) is 55.1 Å². The molecule has 2 aromatic rings. The van der Waals surface area contributed by atoms with Crippen molar-refractivity contribution in [2.24, 2.45) is 0 Å². The van der Waals surface area contributed by atoms with Gasteiger partial charge in [-0.2, -0.15) is 0 Å². The van der Waals surface area contributed by atoms with Gasteiger partial charge in [-0.05, 0) is 31.0 Å². The number of aryl methyl sites for hydroxylation is 1. The number of fused-ring (bicyclic) bond motifs is 1. The number of hydrogen-bond acceptors (Lipinski definition) is 2. The lowest BCUT2D eigenvalue weighted by Gasteiger charge is -2.20. The van der Waals surface area contributed by atoms with Crippen LogP contribution in [0, 0.1) is 6.92 Å². The molecule has 0 bridgehead atoms. The molecule has 1 N–H and O–H groups in total. The minimum atomic E-state index is -0.201. The molecule has 0 fully saturated rings. The van der Waals surface area contributed by atoms with Crippen LogP contribution >= 0.6 is 0 Å². The first kappa shape index (κ1) is 16.0. The van der Waals surface area contributed by atoms with E-state index in [1.54, 1.807) is 6.07 Å². The minimum Gasteiger partial charge on any atom is -0.348 e. The van der Waals surface area contributed by atoms with Crippen LogP contribution in [0.25, 0.3) is 5.70 Å². The number of nitrogens with one attached hydrogen (secondary N) is 1. The Labute approximate surface area is 141 Å². The van der Waals surface area contributed by atoms with E-state index in [2.05, 4.69) is 11.9 Å². The fraction of sp³-hybridized carbons (Fsp3) is 0.200. The highest BCUT2D eigenvalue weighted by Gasteiger charge is 2.32. The third-order valence-electron chi connectivity index (χ3n) is 4.37. The molecule has 2 amide bonds. The summed E-state index contributed by atoms with van der Waals surface area (Å²) in [4.78, 5) is 26.3. The van der Waals surface area contributed by atoms with Gasteiger partial charge in [0.25, 0.3) is 5.91 Å². The Morgan fingerprint density at radius 3 is 2.42 bits per heavy atom. The Bertz CT molecular complexity index is 791. The summed E-state index contributed by atoms with van der Waals surface area (Å²) >= 11 is 0. The Balaban J connectivity index is 1.69. The molecule has 2 aromatic carbocycles. The highest BCUT2D eigenvalue weighted by atomic mass is 16.2. The van der Waals surface area contributed by atoms with Crippen molar-refractivity contribution in [3.8, 4) is 0 Å². The monoisotopic (exact) mass is 320 g/mol. The summed E-state index contributed by atoms with van der Waals surface area (Å²) in [5.41, 5.74) is 4.17. The normalized spacial score (nSPS) is 14.5. The zero-order chi connectivity index (χ0) is 17.3. The predicted molar refractivity (Wildman–Crippen MR) is 94.2 cm³/mol. The lowest BCUT2D eigenvalue weighted by atomic mass is 10.0. The van der Waals surface area contributed by atoms with Crippen molar-refractivity contribution in [3.05, 3.63) is 77.4 Å². The van der Waals surface area contributed by atoms with E-state index in [9.17, 15) is 9.59 Å². The van der Waals surface area contributed by atoms with Crippen molar-refractivity contribution in [1.29, 1.82) is 0 Å². The summed E-state index contributed by atoms with van der Waals surface area (Å²) in [6.45, 7) is 7.89. The molecule has 4 heteroatoms. The van der Waals surface area contributed by atoms with Gasteiger partial charge in [0.2, 0.25) is 5.91 Å². The van der Waals surface area contributed by atoms with Crippen LogP contribution in [-0.2, 0) is 4.79 Å². The number of nitrogens with zero attached hydrogens (tertiary/aromatic N) is 1. The van der Waals surface area contributed by atoms with Crippen LogP contribution < -0.4 is 5.32 Å². The molecular formula is C20H20N2O2. The van der Waals surface area contributed by atoms with E-state index in [1.165, 1.54) is 4.90 Å². The largest absolute Gasteiger partial charge is 0.348 e. The zero-order valence-electron chi connectivity index (χ0n) is 13.9. The van der Waals surface area contributed by atoms with E-state index in [-0.39, 0.29) is 24.4 Å². The summed E-state index contributed by atoms with van der Waals surface area (Å²) in [5.74, 6) is -0.373. The molecule has 0 saturated carbocycles. The Morgan fingerprint density at radius 1 is 1.12 bits per heavy atom. The summed E-state index contributed by atoms with van der Waals surface area (Å²) in [6.07, 6.45) is 0. The molecule has 0 aliphatic carbocycles. The first-order chi connectivity index (χ1) is 11.5. The van der Waals surface area contributed by atoms with Crippen LogP contribution in [0.1, 0.15) is 40.0 Å². The number of benzene rings is 2. The van der Waals surface area contributed by atoms with Gasteiger partial charge >= 0.3 is 0 Å². The van der Waals surface area contributed by atoms with E-state index in [0.717, 1.165) is 16.7 Å². The van der Waals surface area contributed by atoms with Gasteiger partial charge in [-0.1, -0.05) is 49.0 Å². The molecule has 0 radical (unpaired) electrons. The maximum atomic E-state index is 12.4. The Hall–Kier alpha value is -2.88. The number of rotatable bonds is 4. The third-order valence-corrected chi connectivity index (χ3v) is 4.37. The molecule has 122 valence electrons. The summed E-state index contributed by atoms with van der Waals surface area (Å²) in [5, 5.41) is 2.96. The van der Waals surface area contributed by atoms with Gasteiger partial charge in [-0.15, -0.1) is 0 Å². The molecule has 0 spiro atoms. The van der Waals surface area contributed by atoms with E-state index in [1.807, 2.05) is 56.3 Å².